The summed E-state index contributed by atoms with van der Waals surface area (Å²) in [5.41, 5.74) is 0.753. The Morgan fingerprint density at radius 3 is 2.46 bits per heavy atom. The number of hydrogen-bond acceptors (Lipinski definition) is 3. The Labute approximate surface area is 145 Å². The first kappa shape index (κ1) is 18.6. The van der Waals surface area contributed by atoms with Gasteiger partial charge in [0, 0.05) is 30.3 Å². The van der Waals surface area contributed by atoms with E-state index in [1.165, 1.54) is 0 Å². The monoisotopic (exact) mass is 334 g/mol. The summed E-state index contributed by atoms with van der Waals surface area (Å²) in [6.07, 6.45) is 2.05. The largest absolute Gasteiger partial charge is 0.497 e. The molecule has 1 aliphatic rings. The number of nitrogens with zero attached hydrogens (tertiary/aromatic N) is 1. The Hall–Kier alpha value is -1.75. The van der Waals surface area contributed by atoms with Crippen LogP contribution in [-0.4, -0.2) is 43.3 Å². The highest BCUT2D eigenvalue weighted by molar-refractivity contribution is 5.89. The van der Waals surface area contributed by atoms with Gasteiger partial charge < -0.3 is 19.7 Å². The molecule has 134 valence electrons. The lowest BCUT2D eigenvalue weighted by Crippen LogP contribution is -2.64. The van der Waals surface area contributed by atoms with Crippen molar-refractivity contribution < 1.29 is 14.3 Å². The number of carbonyl (C=O) groups is 1. The van der Waals surface area contributed by atoms with E-state index in [0.29, 0.717) is 6.61 Å². The minimum atomic E-state index is -0.0463. The number of ether oxygens (including phenoxy) is 2. The molecule has 2 atom stereocenters. The molecule has 1 fully saturated rings. The Morgan fingerprint density at radius 1 is 1.29 bits per heavy atom. The highest BCUT2D eigenvalue weighted by Crippen LogP contribution is 2.46. The van der Waals surface area contributed by atoms with Crippen LogP contribution in [0.5, 0.6) is 5.75 Å². The van der Waals surface area contributed by atoms with Crippen LogP contribution in [0.1, 0.15) is 40.5 Å². The van der Waals surface area contributed by atoms with Gasteiger partial charge in [-0.05, 0) is 44.0 Å². The third kappa shape index (κ3) is 3.83. The molecule has 24 heavy (non-hydrogen) atoms. The van der Waals surface area contributed by atoms with Gasteiger partial charge in [-0.25, -0.2) is 4.79 Å². The van der Waals surface area contributed by atoms with Gasteiger partial charge in [0.1, 0.15) is 5.75 Å². The van der Waals surface area contributed by atoms with E-state index in [4.69, 9.17) is 9.47 Å². The van der Waals surface area contributed by atoms with E-state index in [9.17, 15) is 4.79 Å². The fraction of sp³-hybridized carbons (Fsp3) is 0.632. The van der Waals surface area contributed by atoms with Gasteiger partial charge in [-0.3, -0.25) is 0 Å². The average molecular weight is 334 g/mol. The fourth-order valence-electron chi connectivity index (χ4n) is 3.39. The number of benzene rings is 1. The first-order chi connectivity index (χ1) is 11.4. The minimum Gasteiger partial charge on any atom is -0.497 e. The maximum absolute atomic E-state index is 12.8. The zero-order chi connectivity index (χ0) is 17.7. The van der Waals surface area contributed by atoms with Crippen molar-refractivity contribution in [3.05, 3.63) is 24.3 Å². The maximum atomic E-state index is 12.8. The van der Waals surface area contributed by atoms with E-state index < -0.39 is 0 Å². The first-order valence-electron chi connectivity index (χ1n) is 8.77. The van der Waals surface area contributed by atoms with Crippen molar-refractivity contribution in [1.82, 2.24) is 4.90 Å². The molecule has 1 aliphatic carbocycles. The SMILES string of the molecule is CCCN(C(=O)Nc1ccc(OC)cc1)[C@@H]1C[C@H](OCC)C1(C)C. The number of carbonyl (C=O) groups excluding carboxylic acids is 1. The van der Waals surface area contributed by atoms with Crippen molar-refractivity contribution in [2.45, 2.75) is 52.7 Å². The van der Waals surface area contributed by atoms with Gasteiger partial charge in [0.25, 0.3) is 0 Å². The molecule has 0 bridgehead atoms. The lowest BCUT2D eigenvalue weighted by molar-refractivity contribution is -0.138. The van der Waals surface area contributed by atoms with E-state index in [1.807, 2.05) is 36.1 Å². The van der Waals surface area contributed by atoms with Crippen LogP contribution in [0.25, 0.3) is 0 Å². The van der Waals surface area contributed by atoms with Gasteiger partial charge in [0.05, 0.1) is 13.2 Å². The molecule has 1 aromatic rings. The summed E-state index contributed by atoms with van der Waals surface area (Å²) in [6.45, 7) is 9.94. The number of methoxy groups -OCH3 is 1. The van der Waals surface area contributed by atoms with Crippen LogP contribution in [0.2, 0.25) is 0 Å². The zero-order valence-electron chi connectivity index (χ0n) is 15.5. The van der Waals surface area contributed by atoms with Gasteiger partial charge in [0.2, 0.25) is 0 Å². The minimum absolute atomic E-state index is 0.0254. The molecule has 0 unspecified atom stereocenters. The summed E-state index contributed by atoms with van der Waals surface area (Å²) in [4.78, 5) is 14.7. The molecule has 1 saturated carbocycles. The number of anilines is 1. The summed E-state index contributed by atoms with van der Waals surface area (Å²) in [5.74, 6) is 0.776. The molecule has 0 spiro atoms. The van der Waals surface area contributed by atoms with E-state index in [0.717, 1.165) is 30.8 Å². The molecule has 0 heterocycles. The summed E-state index contributed by atoms with van der Waals surface area (Å²) >= 11 is 0. The smallest absolute Gasteiger partial charge is 0.322 e. The quantitative estimate of drug-likeness (QED) is 0.815. The number of urea groups is 1. The van der Waals surface area contributed by atoms with Crippen molar-refractivity contribution in [2.75, 3.05) is 25.6 Å². The number of hydrogen-bond donors (Lipinski definition) is 1. The van der Waals surface area contributed by atoms with Crippen LogP contribution in [-0.2, 0) is 4.74 Å². The Bertz CT molecular complexity index is 542. The molecule has 5 nitrogen and oxygen atoms in total. The Balaban J connectivity index is 2.05. The Kier molecular flexibility index (Phi) is 6.10. The predicted molar refractivity (Wildman–Crippen MR) is 96.6 cm³/mol. The Morgan fingerprint density at radius 2 is 1.96 bits per heavy atom. The molecule has 0 saturated heterocycles. The second-order valence-electron chi connectivity index (χ2n) is 6.87. The van der Waals surface area contributed by atoms with Crippen molar-refractivity contribution >= 4 is 11.7 Å². The van der Waals surface area contributed by atoms with E-state index in [1.54, 1.807) is 7.11 Å². The lowest BCUT2D eigenvalue weighted by atomic mass is 9.63. The van der Waals surface area contributed by atoms with Gasteiger partial charge in [-0.1, -0.05) is 20.8 Å². The number of rotatable bonds is 7. The third-order valence-corrected chi connectivity index (χ3v) is 4.94. The lowest BCUT2D eigenvalue weighted by Gasteiger charge is -2.55. The highest BCUT2D eigenvalue weighted by Gasteiger charge is 2.52. The van der Waals surface area contributed by atoms with Crippen molar-refractivity contribution in [3.8, 4) is 5.75 Å². The standard InChI is InChI=1S/C19H30N2O3/c1-6-12-21(16-13-17(24-7-2)19(16,3)4)18(22)20-14-8-10-15(23-5)11-9-14/h8-11,16-17H,6-7,12-13H2,1-5H3,(H,20,22)/t16-,17+/m1/s1. The molecule has 2 amide bonds. The van der Waals surface area contributed by atoms with Crippen LogP contribution >= 0.6 is 0 Å². The summed E-state index contributed by atoms with van der Waals surface area (Å²) in [6, 6.07) is 7.56. The number of nitrogens with one attached hydrogen (secondary N) is 1. The summed E-state index contributed by atoms with van der Waals surface area (Å²) in [7, 11) is 1.63. The van der Waals surface area contributed by atoms with E-state index in [-0.39, 0.29) is 23.6 Å². The topological polar surface area (TPSA) is 50.8 Å². The zero-order valence-corrected chi connectivity index (χ0v) is 15.5. The van der Waals surface area contributed by atoms with Gasteiger partial charge in [-0.15, -0.1) is 0 Å². The van der Waals surface area contributed by atoms with Crippen molar-refractivity contribution in [3.63, 3.8) is 0 Å². The summed E-state index contributed by atoms with van der Waals surface area (Å²) < 4.78 is 11.0. The molecule has 2 rings (SSSR count). The average Bonchev–Trinajstić information content (AvgIpc) is 2.57. The molecular weight excluding hydrogens is 304 g/mol. The maximum Gasteiger partial charge on any atom is 0.322 e. The van der Waals surface area contributed by atoms with Gasteiger partial charge >= 0.3 is 6.03 Å². The van der Waals surface area contributed by atoms with Crippen molar-refractivity contribution in [1.29, 1.82) is 0 Å². The van der Waals surface area contributed by atoms with Crippen LogP contribution in [0.15, 0.2) is 24.3 Å². The molecule has 0 radical (unpaired) electrons. The van der Waals surface area contributed by atoms with Gasteiger partial charge in [-0.2, -0.15) is 0 Å². The molecule has 0 aliphatic heterocycles. The fourth-order valence-corrected chi connectivity index (χ4v) is 3.39. The molecule has 1 N–H and O–H groups in total. The predicted octanol–water partition coefficient (Wildman–Crippen LogP) is 4.14. The summed E-state index contributed by atoms with van der Waals surface area (Å²) in [5, 5.41) is 3.00. The first-order valence-corrected chi connectivity index (χ1v) is 8.77. The van der Waals surface area contributed by atoms with Crippen molar-refractivity contribution in [2.24, 2.45) is 5.41 Å². The van der Waals surface area contributed by atoms with Crippen LogP contribution in [0, 0.1) is 5.41 Å². The van der Waals surface area contributed by atoms with E-state index in [2.05, 4.69) is 26.1 Å². The van der Waals surface area contributed by atoms with Crippen LogP contribution in [0.3, 0.4) is 0 Å². The van der Waals surface area contributed by atoms with Crippen LogP contribution < -0.4 is 10.1 Å². The molecule has 0 aromatic heterocycles. The third-order valence-electron chi connectivity index (χ3n) is 4.94. The molecular formula is C19H30N2O3. The highest BCUT2D eigenvalue weighted by atomic mass is 16.5. The van der Waals surface area contributed by atoms with Gasteiger partial charge in [0.15, 0.2) is 0 Å². The van der Waals surface area contributed by atoms with Crippen LogP contribution in [0.4, 0.5) is 10.5 Å². The second-order valence-corrected chi connectivity index (χ2v) is 6.87. The van der Waals surface area contributed by atoms with E-state index >= 15 is 0 Å². The number of amides is 2. The second kappa shape index (κ2) is 7.88. The normalized spacial score (nSPS) is 21.7. The molecule has 5 heteroatoms. The molecule has 1 aromatic carbocycles.